The summed E-state index contributed by atoms with van der Waals surface area (Å²) in [6, 6.07) is 7.43. The highest BCUT2D eigenvalue weighted by atomic mass is 16.4. The molecule has 0 radical (unpaired) electrons. The van der Waals surface area contributed by atoms with E-state index in [4.69, 9.17) is 0 Å². The molecule has 5 nitrogen and oxygen atoms in total. The molecule has 0 spiro atoms. The first-order chi connectivity index (χ1) is 12.5. The van der Waals surface area contributed by atoms with E-state index in [9.17, 15) is 14.7 Å². The van der Waals surface area contributed by atoms with Gasteiger partial charge in [-0.25, -0.2) is 0 Å². The number of nitrogens with zero attached hydrogens (tertiary/aromatic N) is 2. The maximum Gasteiger partial charge on any atom is 0.325 e. The van der Waals surface area contributed by atoms with Crippen molar-refractivity contribution in [3.8, 4) is 0 Å². The number of carboxylic acid groups (broad SMARTS) is 1. The molecule has 0 aliphatic carbocycles. The average molecular weight is 358 g/mol. The molecule has 2 aliphatic rings. The Morgan fingerprint density at radius 2 is 1.73 bits per heavy atom. The molecule has 1 N–H and O–H groups in total. The quantitative estimate of drug-likeness (QED) is 0.848. The molecule has 142 valence electrons. The van der Waals surface area contributed by atoms with E-state index < -0.39 is 12.0 Å². The highest BCUT2D eigenvalue weighted by molar-refractivity contribution is 5.78. The summed E-state index contributed by atoms with van der Waals surface area (Å²) in [6.45, 7) is 7.55. The van der Waals surface area contributed by atoms with E-state index in [1.54, 1.807) is 0 Å². The fourth-order valence-electron chi connectivity index (χ4n) is 4.18. The van der Waals surface area contributed by atoms with Crippen LogP contribution in [-0.4, -0.2) is 53.0 Å². The molecule has 2 heterocycles. The van der Waals surface area contributed by atoms with Gasteiger partial charge < -0.3 is 10.0 Å². The number of piperidine rings is 1. The van der Waals surface area contributed by atoms with Crippen LogP contribution in [0.1, 0.15) is 62.6 Å². The minimum absolute atomic E-state index is 0.279. The number of hydrogen-bond acceptors (Lipinski definition) is 3. The Morgan fingerprint density at radius 1 is 1.12 bits per heavy atom. The fourth-order valence-corrected chi connectivity index (χ4v) is 4.18. The van der Waals surface area contributed by atoms with Gasteiger partial charge in [-0.15, -0.1) is 0 Å². The van der Waals surface area contributed by atoms with Gasteiger partial charge in [0.25, 0.3) is 0 Å². The summed E-state index contributed by atoms with van der Waals surface area (Å²) >= 11 is 0. The van der Waals surface area contributed by atoms with Crippen molar-refractivity contribution in [2.75, 3.05) is 26.2 Å². The van der Waals surface area contributed by atoms with E-state index in [0.717, 1.165) is 51.0 Å². The highest BCUT2D eigenvalue weighted by Gasteiger charge is 2.32. The molecule has 1 aromatic carbocycles. The van der Waals surface area contributed by atoms with Crippen LogP contribution in [0.2, 0.25) is 0 Å². The molecule has 1 atom stereocenters. The molecule has 3 rings (SSSR count). The van der Waals surface area contributed by atoms with Crippen molar-refractivity contribution in [2.45, 2.75) is 51.5 Å². The number of carboxylic acids is 1. The number of carbonyl (C=O) groups is 2. The zero-order chi connectivity index (χ0) is 18.7. The summed E-state index contributed by atoms with van der Waals surface area (Å²) in [5.41, 5.74) is 2.09. The van der Waals surface area contributed by atoms with Crippen molar-refractivity contribution in [2.24, 2.45) is 5.92 Å². The zero-order valence-electron chi connectivity index (χ0n) is 15.9. The summed E-state index contributed by atoms with van der Waals surface area (Å²) in [4.78, 5) is 27.8. The predicted octanol–water partition coefficient (Wildman–Crippen LogP) is 3.27. The van der Waals surface area contributed by atoms with Crippen LogP contribution in [0.5, 0.6) is 0 Å². The molecule has 5 heteroatoms. The topological polar surface area (TPSA) is 60.9 Å². The maximum absolute atomic E-state index is 11.9. The second kappa shape index (κ2) is 8.21. The fraction of sp³-hybridized carbons (Fsp3) is 0.619. The summed E-state index contributed by atoms with van der Waals surface area (Å²) in [7, 11) is 0. The summed E-state index contributed by atoms with van der Waals surface area (Å²) in [5.74, 6) is 0.430. The Labute approximate surface area is 156 Å². The second-order valence-corrected chi connectivity index (χ2v) is 7.98. The van der Waals surface area contributed by atoms with Crippen LogP contribution in [0.3, 0.4) is 0 Å². The molecule has 0 saturated carbocycles. The van der Waals surface area contributed by atoms with E-state index in [0.29, 0.717) is 18.3 Å². The van der Waals surface area contributed by atoms with Gasteiger partial charge >= 0.3 is 5.97 Å². The van der Waals surface area contributed by atoms with Crippen LogP contribution in [-0.2, 0) is 9.59 Å². The van der Waals surface area contributed by atoms with Gasteiger partial charge in [0.05, 0.1) is 0 Å². The van der Waals surface area contributed by atoms with Crippen LogP contribution in [0.25, 0.3) is 0 Å². The molecule has 1 amide bonds. The lowest BCUT2D eigenvalue weighted by Gasteiger charge is -2.37. The number of amides is 1. The van der Waals surface area contributed by atoms with Gasteiger partial charge in [0, 0.05) is 19.5 Å². The Morgan fingerprint density at radius 3 is 2.23 bits per heavy atom. The van der Waals surface area contributed by atoms with Crippen molar-refractivity contribution in [1.82, 2.24) is 9.80 Å². The molecule has 0 unspecified atom stereocenters. The van der Waals surface area contributed by atoms with Crippen LogP contribution in [0.15, 0.2) is 24.3 Å². The van der Waals surface area contributed by atoms with Gasteiger partial charge in [-0.05, 0) is 55.3 Å². The second-order valence-electron chi connectivity index (χ2n) is 7.98. The highest BCUT2D eigenvalue weighted by Crippen LogP contribution is 2.29. The monoisotopic (exact) mass is 358 g/mol. The van der Waals surface area contributed by atoms with Crippen LogP contribution < -0.4 is 0 Å². The zero-order valence-corrected chi connectivity index (χ0v) is 15.9. The van der Waals surface area contributed by atoms with E-state index in [1.807, 2.05) is 29.2 Å². The molecule has 2 aliphatic heterocycles. The summed E-state index contributed by atoms with van der Waals surface area (Å²) < 4.78 is 0. The van der Waals surface area contributed by atoms with Crippen LogP contribution >= 0.6 is 0 Å². The van der Waals surface area contributed by atoms with Gasteiger partial charge in [0.15, 0.2) is 0 Å². The van der Waals surface area contributed by atoms with Gasteiger partial charge in [-0.2, -0.15) is 0 Å². The average Bonchev–Trinajstić information content (AvgIpc) is 3.01. The molecule has 2 saturated heterocycles. The largest absolute Gasteiger partial charge is 0.480 e. The Bertz CT molecular complexity index is 633. The lowest BCUT2D eigenvalue weighted by Crippen LogP contribution is -2.42. The van der Waals surface area contributed by atoms with Gasteiger partial charge in [-0.3, -0.25) is 14.5 Å². The normalized spacial score (nSPS) is 20.7. The molecule has 1 aromatic rings. The third kappa shape index (κ3) is 4.26. The smallest absolute Gasteiger partial charge is 0.325 e. The lowest BCUT2D eigenvalue weighted by molar-refractivity contribution is -0.144. The molecule has 26 heavy (non-hydrogen) atoms. The van der Waals surface area contributed by atoms with Crippen LogP contribution in [0, 0.1) is 5.92 Å². The summed E-state index contributed by atoms with van der Waals surface area (Å²) in [6.07, 6.45) is 3.58. The first kappa shape index (κ1) is 18.9. The van der Waals surface area contributed by atoms with Crippen molar-refractivity contribution in [1.29, 1.82) is 0 Å². The number of carbonyl (C=O) groups excluding carboxylic acids is 1. The number of rotatable bonds is 6. The summed E-state index contributed by atoms with van der Waals surface area (Å²) in [5, 5.41) is 9.79. The van der Waals surface area contributed by atoms with Crippen molar-refractivity contribution < 1.29 is 14.7 Å². The predicted molar refractivity (Wildman–Crippen MR) is 101 cm³/mol. The number of benzene rings is 1. The van der Waals surface area contributed by atoms with E-state index in [2.05, 4.69) is 18.7 Å². The first-order valence-corrected chi connectivity index (χ1v) is 9.80. The standard InChI is InChI=1S/C21H30N2O3/c1-15(2)17-5-7-18(8-6-17)20(21(25)26)22-12-9-16(10-13-22)14-23-11-3-4-19(23)24/h5-8,15-16,20H,3-4,9-14H2,1-2H3,(H,25,26)/t20-/m0/s1. The Balaban J connectivity index is 1.61. The van der Waals surface area contributed by atoms with Gasteiger partial charge in [0.2, 0.25) is 5.91 Å². The number of hydrogen-bond donors (Lipinski definition) is 1. The lowest BCUT2D eigenvalue weighted by atomic mass is 9.93. The third-order valence-corrected chi connectivity index (χ3v) is 5.82. The maximum atomic E-state index is 11.9. The Hall–Kier alpha value is -1.88. The van der Waals surface area contributed by atoms with Crippen LogP contribution in [0.4, 0.5) is 0 Å². The first-order valence-electron chi connectivity index (χ1n) is 9.80. The number of likely N-dealkylation sites (tertiary alicyclic amines) is 2. The van der Waals surface area contributed by atoms with E-state index >= 15 is 0 Å². The molecule has 0 aromatic heterocycles. The molecule has 2 fully saturated rings. The SMILES string of the molecule is CC(C)c1ccc([C@@H](C(=O)O)N2CCC(CN3CCCC3=O)CC2)cc1. The van der Waals surface area contributed by atoms with Crippen molar-refractivity contribution >= 4 is 11.9 Å². The minimum Gasteiger partial charge on any atom is -0.480 e. The number of aliphatic carboxylic acids is 1. The van der Waals surface area contributed by atoms with Gasteiger partial charge in [-0.1, -0.05) is 38.1 Å². The minimum atomic E-state index is -0.782. The van der Waals surface area contributed by atoms with Crippen molar-refractivity contribution in [3.05, 3.63) is 35.4 Å². The molecule has 0 bridgehead atoms. The Kier molecular flexibility index (Phi) is 5.97. The van der Waals surface area contributed by atoms with Crippen molar-refractivity contribution in [3.63, 3.8) is 0 Å². The van der Waals surface area contributed by atoms with E-state index in [-0.39, 0.29) is 5.91 Å². The molecular weight excluding hydrogens is 328 g/mol. The third-order valence-electron chi connectivity index (χ3n) is 5.82. The van der Waals surface area contributed by atoms with Gasteiger partial charge in [0.1, 0.15) is 6.04 Å². The molecular formula is C21H30N2O3. The van der Waals surface area contributed by atoms with E-state index in [1.165, 1.54) is 5.56 Å².